The summed E-state index contributed by atoms with van der Waals surface area (Å²) >= 11 is 4.19. The zero-order valence-electron chi connectivity index (χ0n) is 11.0. The molecule has 1 aliphatic heterocycles. The molecule has 0 aromatic heterocycles. The average Bonchev–Trinajstić information content (AvgIpc) is 2.39. The third kappa shape index (κ3) is 3.72. The summed E-state index contributed by atoms with van der Waals surface area (Å²) in [7, 11) is 1.71. The Balaban J connectivity index is 2.00. The number of nitrogens with zero attached hydrogens (tertiary/aromatic N) is 1. The molecule has 104 valence electrons. The van der Waals surface area contributed by atoms with Gasteiger partial charge in [-0.15, -0.1) is 12.6 Å². The molecular formula is C14H19NO3S. The molecule has 0 saturated carbocycles. The van der Waals surface area contributed by atoms with Crippen molar-refractivity contribution in [1.29, 1.82) is 0 Å². The van der Waals surface area contributed by atoms with Gasteiger partial charge in [0.1, 0.15) is 0 Å². The lowest BCUT2D eigenvalue weighted by atomic mass is 9.94. The molecule has 1 N–H and O–H groups in total. The van der Waals surface area contributed by atoms with Crippen molar-refractivity contribution in [3.63, 3.8) is 0 Å². The van der Waals surface area contributed by atoms with E-state index >= 15 is 0 Å². The average molecular weight is 281 g/mol. The van der Waals surface area contributed by atoms with Crippen molar-refractivity contribution < 1.29 is 14.6 Å². The maximum Gasteiger partial charge on any atom is 0.253 e. The molecule has 0 spiro atoms. The summed E-state index contributed by atoms with van der Waals surface area (Å²) in [5.41, 5.74) is -0.220. The van der Waals surface area contributed by atoms with Gasteiger partial charge in [0, 0.05) is 50.1 Å². The maximum absolute atomic E-state index is 12.2. The Morgan fingerprint density at radius 2 is 1.95 bits per heavy atom. The second-order valence-electron chi connectivity index (χ2n) is 5.04. The minimum Gasteiger partial charge on any atom is -0.388 e. The lowest BCUT2D eigenvalue weighted by molar-refractivity contribution is -0.0734. The predicted octanol–water partition coefficient (Wildman–Crippen LogP) is 1.59. The third-order valence-corrected chi connectivity index (χ3v) is 3.71. The second kappa shape index (κ2) is 5.94. The number of benzene rings is 1. The minimum atomic E-state index is -0.827. The van der Waals surface area contributed by atoms with Crippen LogP contribution >= 0.6 is 12.6 Å². The molecule has 0 bridgehead atoms. The van der Waals surface area contributed by atoms with E-state index in [9.17, 15) is 9.90 Å². The Hall–Kier alpha value is -1.04. The van der Waals surface area contributed by atoms with Gasteiger partial charge < -0.3 is 14.7 Å². The van der Waals surface area contributed by atoms with E-state index in [1.165, 1.54) is 0 Å². The van der Waals surface area contributed by atoms with Crippen molar-refractivity contribution in [2.45, 2.75) is 23.3 Å². The van der Waals surface area contributed by atoms with Crippen LogP contribution in [0.15, 0.2) is 29.2 Å². The Morgan fingerprint density at radius 1 is 1.37 bits per heavy atom. The number of aliphatic hydroxyl groups is 1. The Morgan fingerprint density at radius 3 is 2.53 bits per heavy atom. The number of carbonyl (C=O) groups is 1. The SMILES string of the molecule is CN(CC1(O)CCOCC1)C(=O)c1ccc(S)cc1. The first-order valence-electron chi connectivity index (χ1n) is 6.35. The second-order valence-corrected chi connectivity index (χ2v) is 5.56. The summed E-state index contributed by atoms with van der Waals surface area (Å²) in [5.74, 6) is -0.0896. The van der Waals surface area contributed by atoms with Gasteiger partial charge in [-0.05, 0) is 24.3 Å². The summed E-state index contributed by atoms with van der Waals surface area (Å²) in [5, 5.41) is 10.4. The summed E-state index contributed by atoms with van der Waals surface area (Å²) in [6.07, 6.45) is 1.14. The molecule has 1 amide bonds. The monoisotopic (exact) mass is 281 g/mol. The van der Waals surface area contributed by atoms with E-state index in [4.69, 9.17) is 4.74 Å². The Labute approximate surface area is 118 Å². The molecule has 1 aromatic rings. The smallest absolute Gasteiger partial charge is 0.253 e. The van der Waals surface area contributed by atoms with E-state index < -0.39 is 5.60 Å². The molecule has 4 nitrogen and oxygen atoms in total. The third-order valence-electron chi connectivity index (χ3n) is 3.42. The summed E-state index contributed by atoms with van der Waals surface area (Å²) in [6, 6.07) is 7.06. The van der Waals surface area contributed by atoms with Crippen LogP contribution in [0.2, 0.25) is 0 Å². The largest absolute Gasteiger partial charge is 0.388 e. The van der Waals surface area contributed by atoms with Crippen LogP contribution in [0, 0.1) is 0 Å². The van der Waals surface area contributed by atoms with Crippen LogP contribution in [0.25, 0.3) is 0 Å². The number of amides is 1. The molecule has 1 fully saturated rings. The van der Waals surface area contributed by atoms with Gasteiger partial charge in [-0.2, -0.15) is 0 Å². The van der Waals surface area contributed by atoms with Crippen LogP contribution in [-0.4, -0.2) is 48.3 Å². The van der Waals surface area contributed by atoms with Crippen molar-refractivity contribution in [2.24, 2.45) is 0 Å². The molecule has 1 saturated heterocycles. The van der Waals surface area contributed by atoms with Gasteiger partial charge in [0.25, 0.3) is 5.91 Å². The molecule has 1 aliphatic rings. The van der Waals surface area contributed by atoms with Gasteiger partial charge in [0.2, 0.25) is 0 Å². The summed E-state index contributed by atoms with van der Waals surface area (Å²) in [4.78, 5) is 14.6. The van der Waals surface area contributed by atoms with Crippen molar-refractivity contribution in [1.82, 2.24) is 4.90 Å². The Bertz CT molecular complexity index is 441. The van der Waals surface area contributed by atoms with Crippen LogP contribution in [0.1, 0.15) is 23.2 Å². The molecule has 0 atom stereocenters. The van der Waals surface area contributed by atoms with Crippen molar-refractivity contribution in [3.05, 3.63) is 29.8 Å². The van der Waals surface area contributed by atoms with Crippen molar-refractivity contribution in [2.75, 3.05) is 26.8 Å². The number of rotatable bonds is 3. The van der Waals surface area contributed by atoms with E-state index in [2.05, 4.69) is 12.6 Å². The first-order chi connectivity index (χ1) is 9.00. The van der Waals surface area contributed by atoms with Crippen LogP contribution in [0.5, 0.6) is 0 Å². The number of hydrogen-bond donors (Lipinski definition) is 2. The topological polar surface area (TPSA) is 49.8 Å². The number of thiol groups is 1. The summed E-state index contributed by atoms with van der Waals surface area (Å²) < 4.78 is 5.23. The van der Waals surface area contributed by atoms with Crippen molar-refractivity contribution >= 4 is 18.5 Å². The van der Waals surface area contributed by atoms with Gasteiger partial charge in [-0.25, -0.2) is 0 Å². The van der Waals surface area contributed by atoms with E-state index in [1.807, 2.05) is 0 Å². The van der Waals surface area contributed by atoms with Gasteiger partial charge >= 0.3 is 0 Å². The minimum absolute atomic E-state index is 0.0896. The lowest BCUT2D eigenvalue weighted by Crippen LogP contribution is -2.47. The van der Waals surface area contributed by atoms with Crippen LogP contribution in [0.3, 0.4) is 0 Å². The molecule has 5 heteroatoms. The van der Waals surface area contributed by atoms with E-state index in [0.29, 0.717) is 38.2 Å². The van der Waals surface area contributed by atoms with Crippen molar-refractivity contribution in [3.8, 4) is 0 Å². The number of carbonyl (C=O) groups excluding carboxylic acids is 1. The molecule has 0 radical (unpaired) electrons. The lowest BCUT2D eigenvalue weighted by Gasteiger charge is -2.35. The number of hydrogen-bond acceptors (Lipinski definition) is 4. The van der Waals surface area contributed by atoms with Gasteiger partial charge in [-0.3, -0.25) is 4.79 Å². The molecule has 0 unspecified atom stereocenters. The van der Waals surface area contributed by atoms with E-state index in [0.717, 1.165) is 4.90 Å². The van der Waals surface area contributed by atoms with Gasteiger partial charge in [0.05, 0.1) is 5.60 Å². The fourth-order valence-corrected chi connectivity index (χ4v) is 2.40. The number of likely N-dealkylation sites (N-methyl/N-ethyl adjacent to an activating group) is 1. The quantitative estimate of drug-likeness (QED) is 0.827. The highest BCUT2D eigenvalue weighted by Gasteiger charge is 2.32. The molecule has 2 rings (SSSR count). The van der Waals surface area contributed by atoms with Crippen LogP contribution < -0.4 is 0 Å². The zero-order chi connectivity index (χ0) is 13.9. The van der Waals surface area contributed by atoms with Crippen LogP contribution in [-0.2, 0) is 4.74 Å². The first-order valence-corrected chi connectivity index (χ1v) is 6.79. The molecule has 0 aliphatic carbocycles. The highest BCUT2D eigenvalue weighted by molar-refractivity contribution is 7.80. The Kier molecular flexibility index (Phi) is 4.50. The maximum atomic E-state index is 12.2. The molecule has 1 aromatic carbocycles. The summed E-state index contributed by atoms with van der Waals surface area (Å²) in [6.45, 7) is 1.43. The molecular weight excluding hydrogens is 262 g/mol. The number of ether oxygens (including phenoxy) is 1. The highest BCUT2D eigenvalue weighted by atomic mass is 32.1. The zero-order valence-corrected chi connectivity index (χ0v) is 11.9. The fraction of sp³-hybridized carbons (Fsp3) is 0.500. The normalized spacial score (nSPS) is 18.1. The molecule has 19 heavy (non-hydrogen) atoms. The molecule has 1 heterocycles. The van der Waals surface area contributed by atoms with Gasteiger partial charge in [0.15, 0.2) is 0 Å². The van der Waals surface area contributed by atoms with Gasteiger partial charge in [-0.1, -0.05) is 0 Å². The highest BCUT2D eigenvalue weighted by Crippen LogP contribution is 2.22. The fourth-order valence-electron chi connectivity index (χ4n) is 2.25. The van der Waals surface area contributed by atoms with E-state index in [-0.39, 0.29) is 5.91 Å². The van der Waals surface area contributed by atoms with Crippen LogP contribution in [0.4, 0.5) is 0 Å². The predicted molar refractivity (Wildman–Crippen MR) is 75.7 cm³/mol. The standard InChI is InChI=1S/C14H19NO3S/c1-15(10-14(17)6-8-18-9-7-14)13(16)11-2-4-12(19)5-3-11/h2-5,17,19H,6-10H2,1H3. The van der Waals surface area contributed by atoms with E-state index in [1.54, 1.807) is 36.2 Å². The first kappa shape index (κ1) is 14.4.